The van der Waals surface area contributed by atoms with Crippen molar-refractivity contribution in [1.29, 1.82) is 0 Å². The number of thiol groups is 1. The van der Waals surface area contributed by atoms with E-state index in [1.54, 1.807) is 0 Å². The van der Waals surface area contributed by atoms with Gasteiger partial charge in [0.05, 0.1) is 35.4 Å². The lowest BCUT2D eigenvalue weighted by Gasteiger charge is -2.11. The van der Waals surface area contributed by atoms with Crippen LogP contribution < -0.4 is 0 Å². The van der Waals surface area contributed by atoms with Gasteiger partial charge < -0.3 is 9.47 Å². The summed E-state index contributed by atoms with van der Waals surface area (Å²) in [6.45, 7) is 0. The summed E-state index contributed by atoms with van der Waals surface area (Å²) >= 11 is 15.8. The third-order valence-corrected chi connectivity index (χ3v) is 3.03. The lowest BCUT2D eigenvalue weighted by Crippen LogP contribution is -2.10. The molecule has 0 atom stereocenters. The molecule has 1 aromatic rings. The molecule has 0 aliphatic rings. The fourth-order valence-electron chi connectivity index (χ4n) is 1.20. The molecule has 1 aromatic carbocycles. The average Bonchev–Trinajstić information content (AvgIpc) is 2.27. The van der Waals surface area contributed by atoms with Crippen LogP contribution in [0.15, 0.2) is 11.0 Å². The molecule has 17 heavy (non-hydrogen) atoms. The molecule has 0 fully saturated rings. The van der Waals surface area contributed by atoms with E-state index in [4.69, 9.17) is 23.2 Å². The van der Waals surface area contributed by atoms with Gasteiger partial charge in [-0.3, -0.25) is 0 Å². The molecule has 0 saturated heterocycles. The molecule has 0 heterocycles. The van der Waals surface area contributed by atoms with E-state index in [1.807, 2.05) is 0 Å². The van der Waals surface area contributed by atoms with Gasteiger partial charge >= 0.3 is 11.9 Å². The maximum Gasteiger partial charge on any atom is 0.340 e. The number of methoxy groups -OCH3 is 2. The molecule has 0 aromatic heterocycles. The van der Waals surface area contributed by atoms with Crippen LogP contribution in [-0.4, -0.2) is 26.2 Å². The van der Waals surface area contributed by atoms with Crippen molar-refractivity contribution in [2.75, 3.05) is 14.2 Å². The largest absolute Gasteiger partial charge is 0.465 e. The Balaban J connectivity index is 3.54. The zero-order valence-electron chi connectivity index (χ0n) is 8.91. The van der Waals surface area contributed by atoms with Crippen LogP contribution in [0.5, 0.6) is 0 Å². The van der Waals surface area contributed by atoms with E-state index in [-0.39, 0.29) is 26.1 Å². The van der Waals surface area contributed by atoms with E-state index in [9.17, 15) is 9.59 Å². The van der Waals surface area contributed by atoms with Crippen LogP contribution in [0.2, 0.25) is 10.0 Å². The van der Waals surface area contributed by atoms with Crippen molar-refractivity contribution < 1.29 is 19.1 Å². The van der Waals surface area contributed by atoms with E-state index in [0.717, 1.165) is 0 Å². The van der Waals surface area contributed by atoms with Crippen molar-refractivity contribution in [2.45, 2.75) is 4.90 Å². The first kappa shape index (κ1) is 14.2. The number of benzene rings is 1. The summed E-state index contributed by atoms with van der Waals surface area (Å²) in [6, 6.07) is 1.27. The maximum absolute atomic E-state index is 11.5. The normalized spacial score (nSPS) is 9.94. The van der Waals surface area contributed by atoms with E-state index in [1.165, 1.54) is 20.3 Å². The molecule has 4 nitrogen and oxygen atoms in total. The standard InChI is InChI=1S/C10H8Cl2O4S/c1-15-9(13)6-4(11)3-5(12)7(8(6)17)10(14)16-2/h3,17H,1-2H3. The van der Waals surface area contributed by atoms with E-state index < -0.39 is 11.9 Å². The van der Waals surface area contributed by atoms with Crippen molar-refractivity contribution in [2.24, 2.45) is 0 Å². The van der Waals surface area contributed by atoms with Crippen LogP contribution in [-0.2, 0) is 9.47 Å². The Kier molecular flexibility index (Phi) is 4.68. The van der Waals surface area contributed by atoms with Crippen LogP contribution in [0.25, 0.3) is 0 Å². The van der Waals surface area contributed by atoms with Gasteiger partial charge in [-0.1, -0.05) is 23.2 Å². The molecule has 0 amide bonds. The second-order valence-electron chi connectivity index (χ2n) is 2.92. The monoisotopic (exact) mass is 294 g/mol. The van der Waals surface area contributed by atoms with Gasteiger partial charge in [-0.05, 0) is 6.07 Å². The Morgan fingerprint density at radius 3 is 1.71 bits per heavy atom. The Morgan fingerprint density at radius 2 is 1.41 bits per heavy atom. The van der Waals surface area contributed by atoms with Crippen molar-refractivity contribution in [3.63, 3.8) is 0 Å². The number of esters is 2. The van der Waals surface area contributed by atoms with E-state index in [2.05, 4.69) is 22.1 Å². The van der Waals surface area contributed by atoms with Crippen LogP contribution in [0.1, 0.15) is 20.7 Å². The molecular weight excluding hydrogens is 287 g/mol. The second-order valence-corrected chi connectivity index (χ2v) is 4.18. The quantitative estimate of drug-likeness (QED) is 0.673. The Bertz CT molecular complexity index is 447. The number of carbonyl (C=O) groups excluding carboxylic acids is 2. The molecular formula is C10H8Cl2O4S. The molecule has 0 N–H and O–H groups in total. The molecule has 7 heteroatoms. The molecule has 1 rings (SSSR count). The van der Waals surface area contributed by atoms with Crippen LogP contribution >= 0.6 is 35.8 Å². The number of halogens is 2. The Hall–Kier alpha value is -0.910. The predicted octanol–water partition coefficient (Wildman–Crippen LogP) is 2.86. The second kappa shape index (κ2) is 5.62. The lowest BCUT2D eigenvalue weighted by atomic mass is 10.1. The Morgan fingerprint density at radius 1 is 1.06 bits per heavy atom. The molecule has 0 aliphatic carbocycles. The zero-order chi connectivity index (χ0) is 13.2. The first-order valence-electron chi connectivity index (χ1n) is 4.31. The number of hydrogen-bond donors (Lipinski definition) is 1. The zero-order valence-corrected chi connectivity index (χ0v) is 11.3. The number of hydrogen-bond acceptors (Lipinski definition) is 5. The van der Waals surface area contributed by atoms with Crippen LogP contribution in [0.4, 0.5) is 0 Å². The summed E-state index contributed by atoms with van der Waals surface area (Å²) in [7, 11) is 2.39. The maximum atomic E-state index is 11.5. The highest BCUT2D eigenvalue weighted by Crippen LogP contribution is 2.33. The minimum Gasteiger partial charge on any atom is -0.465 e. The molecule has 0 bridgehead atoms. The minimum atomic E-state index is -0.707. The molecule has 0 spiro atoms. The van der Waals surface area contributed by atoms with Gasteiger partial charge in [0.2, 0.25) is 0 Å². The number of ether oxygens (including phenoxy) is 2. The van der Waals surface area contributed by atoms with Gasteiger partial charge in [0, 0.05) is 4.90 Å². The highest BCUT2D eigenvalue weighted by atomic mass is 35.5. The first-order valence-corrected chi connectivity index (χ1v) is 5.52. The van der Waals surface area contributed by atoms with Gasteiger partial charge in [0.1, 0.15) is 0 Å². The first-order chi connectivity index (χ1) is 7.93. The highest BCUT2D eigenvalue weighted by Gasteiger charge is 2.24. The van der Waals surface area contributed by atoms with Crippen molar-refractivity contribution in [3.8, 4) is 0 Å². The summed E-state index contributed by atoms with van der Waals surface area (Å²) in [5.41, 5.74) is -0.0513. The highest BCUT2D eigenvalue weighted by molar-refractivity contribution is 7.80. The fraction of sp³-hybridized carbons (Fsp3) is 0.200. The molecule has 0 unspecified atom stereocenters. The van der Waals surface area contributed by atoms with Crippen LogP contribution in [0.3, 0.4) is 0 Å². The number of carbonyl (C=O) groups is 2. The average molecular weight is 295 g/mol. The summed E-state index contributed by atoms with van der Waals surface area (Å²) < 4.78 is 9.08. The van der Waals surface area contributed by atoms with Gasteiger partial charge in [-0.2, -0.15) is 0 Å². The molecule has 0 aliphatic heterocycles. The molecule has 92 valence electrons. The Labute approximate surface area is 113 Å². The van der Waals surface area contributed by atoms with E-state index in [0.29, 0.717) is 0 Å². The molecule has 0 saturated carbocycles. The van der Waals surface area contributed by atoms with E-state index >= 15 is 0 Å². The number of rotatable bonds is 2. The van der Waals surface area contributed by atoms with Crippen molar-refractivity contribution in [1.82, 2.24) is 0 Å². The van der Waals surface area contributed by atoms with Crippen molar-refractivity contribution in [3.05, 3.63) is 27.2 Å². The summed E-state index contributed by atoms with van der Waals surface area (Å²) in [6.07, 6.45) is 0. The van der Waals surface area contributed by atoms with Gasteiger partial charge in [-0.25, -0.2) is 9.59 Å². The summed E-state index contributed by atoms with van der Waals surface area (Å²) in [4.78, 5) is 23.0. The third kappa shape index (κ3) is 2.68. The van der Waals surface area contributed by atoms with Crippen molar-refractivity contribution >= 4 is 47.8 Å². The summed E-state index contributed by atoms with van der Waals surface area (Å²) in [5, 5.41) is 0.110. The SMILES string of the molecule is COC(=O)c1c(Cl)cc(Cl)c(C(=O)OC)c1S. The predicted molar refractivity (Wildman–Crippen MR) is 66.4 cm³/mol. The van der Waals surface area contributed by atoms with Gasteiger partial charge in [0.25, 0.3) is 0 Å². The van der Waals surface area contributed by atoms with Crippen LogP contribution in [0, 0.1) is 0 Å². The third-order valence-electron chi connectivity index (χ3n) is 1.98. The summed E-state index contributed by atoms with van der Waals surface area (Å²) in [5.74, 6) is -1.41. The topological polar surface area (TPSA) is 52.6 Å². The smallest absolute Gasteiger partial charge is 0.340 e. The molecule has 0 radical (unpaired) electrons. The lowest BCUT2D eigenvalue weighted by molar-refractivity contribution is 0.0592. The fourth-order valence-corrected chi connectivity index (χ4v) is 2.37. The minimum absolute atomic E-state index is 0.0256. The van der Waals surface area contributed by atoms with Gasteiger partial charge in [0.15, 0.2) is 0 Å². The van der Waals surface area contributed by atoms with Gasteiger partial charge in [-0.15, -0.1) is 12.6 Å².